The molecule has 0 radical (unpaired) electrons. The van der Waals surface area contributed by atoms with Crippen LogP contribution in [0.2, 0.25) is 0 Å². The molecule has 6 nitrogen and oxygen atoms in total. The summed E-state index contributed by atoms with van der Waals surface area (Å²) in [7, 11) is 0. The van der Waals surface area contributed by atoms with Gasteiger partial charge in [0, 0.05) is 37.4 Å². The molecule has 0 aromatic heterocycles. The summed E-state index contributed by atoms with van der Waals surface area (Å²) in [5.74, 6) is 1.66. The van der Waals surface area contributed by atoms with Gasteiger partial charge in [0.2, 0.25) is 11.8 Å². The van der Waals surface area contributed by atoms with Crippen LogP contribution in [0.5, 0.6) is 5.75 Å². The second-order valence-corrected chi connectivity index (χ2v) is 10.9. The Balaban J connectivity index is 1.51. The first-order chi connectivity index (χ1) is 15.0. The van der Waals surface area contributed by atoms with Crippen molar-refractivity contribution in [2.75, 3.05) is 13.1 Å². The lowest BCUT2D eigenvalue weighted by molar-refractivity contribution is -0.189. The Kier molecular flexibility index (Phi) is 6.27. The van der Waals surface area contributed by atoms with Crippen LogP contribution in [0.15, 0.2) is 18.2 Å². The Morgan fingerprint density at radius 3 is 2.72 bits per heavy atom. The highest BCUT2D eigenvalue weighted by Crippen LogP contribution is 2.53. The molecule has 0 aliphatic carbocycles. The van der Waals surface area contributed by atoms with Crippen LogP contribution in [0, 0.1) is 24.7 Å². The maximum absolute atomic E-state index is 13.3. The second kappa shape index (κ2) is 8.69. The fraction of sp³-hybridized carbons (Fsp3) is 0.692. The van der Waals surface area contributed by atoms with E-state index in [1.165, 1.54) is 12.5 Å². The summed E-state index contributed by atoms with van der Waals surface area (Å²) in [4.78, 5) is 26.9. The van der Waals surface area contributed by atoms with Gasteiger partial charge in [-0.25, -0.2) is 0 Å². The summed E-state index contributed by atoms with van der Waals surface area (Å²) in [5.41, 5.74) is 2.01. The number of fused-ring (bicyclic) bond motifs is 4. The quantitative estimate of drug-likeness (QED) is 0.765. The molecule has 0 bridgehead atoms. The highest BCUT2D eigenvalue weighted by atomic mass is 16.5. The third kappa shape index (κ3) is 4.52. The standard InChI is InChI=1S/C26H38N2O4/c1-15(2)11-21(27-17(4)29)25(30)28-10-9-22-18(14-28)13-20-24(31-22)19-8-7-16(3)12-23(19)32-26(20,5)6/h7-8,12,15,18,20-22,24H,9-11,13-14H2,1-6H3,(H,27,29)/t18-,20+,21+,22+,24-/m0/s1. The van der Waals surface area contributed by atoms with Crippen molar-refractivity contribution in [1.29, 1.82) is 0 Å². The van der Waals surface area contributed by atoms with Crippen molar-refractivity contribution >= 4 is 11.8 Å². The number of aryl methyl sites for hydroxylation is 1. The Morgan fingerprint density at radius 2 is 2.03 bits per heavy atom. The van der Waals surface area contributed by atoms with Gasteiger partial charge in [0.1, 0.15) is 17.4 Å². The topological polar surface area (TPSA) is 67.9 Å². The minimum atomic E-state index is -0.453. The molecule has 1 N–H and O–H groups in total. The fourth-order valence-electron chi connectivity index (χ4n) is 5.77. The summed E-state index contributed by atoms with van der Waals surface area (Å²) in [6.07, 6.45) is 2.63. The molecule has 6 heteroatoms. The minimum Gasteiger partial charge on any atom is -0.487 e. The number of piperidine rings is 1. The molecule has 32 heavy (non-hydrogen) atoms. The average molecular weight is 443 g/mol. The predicted octanol–water partition coefficient (Wildman–Crippen LogP) is 4.01. The van der Waals surface area contributed by atoms with Gasteiger partial charge >= 0.3 is 0 Å². The smallest absolute Gasteiger partial charge is 0.245 e. The Hall–Kier alpha value is -2.08. The fourth-order valence-corrected chi connectivity index (χ4v) is 5.77. The first-order valence-corrected chi connectivity index (χ1v) is 12.1. The molecule has 5 atom stereocenters. The molecule has 2 saturated heterocycles. The summed E-state index contributed by atoms with van der Waals surface area (Å²) in [6, 6.07) is 5.94. The van der Waals surface area contributed by atoms with E-state index in [1.54, 1.807) is 0 Å². The molecule has 0 saturated carbocycles. The number of likely N-dealkylation sites (tertiary alicyclic amines) is 1. The second-order valence-electron chi connectivity index (χ2n) is 10.9. The van der Waals surface area contributed by atoms with E-state index >= 15 is 0 Å². The molecule has 3 heterocycles. The monoisotopic (exact) mass is 442 g/mol. The number of carbonyl (C=O) groups excluding carboxylic acids is 2. The van der Waals surface area contributed by atoms with Crippen molar-refractivity contribution in [3.8, 4) is 5.75 Å². The lowest BCUT2D eigenvalue weighted by atomic mass is 9.70. The zero-order valence-corrected chi connectivity index (χ0v) is 20.3. The van der Waals surface area contributed by atoms with Crippen molar-refractivity contribution in [3.63, 3.8) is 0 Å². The third-order valence-electron chi connectivity index (χ3n) is 7.34. The van der Waals surface area contributed by atoms with E-state index in [0.717, 1.165) is 24.2 Å². The summed E-state index contributed by atoms with van der Waals surface area (Å²) in [6.45, 7) is 13.4. The molecule has 4 rings (SSSR count). The van der Waals surface area contributed by atoms with E-state index in [1.807, 2.05) is 4.90 Å². The van der Waals surface area contributed by atoms with E-state index in [4.69, 9.17) is 9.47 Å². The van der Waals surface area contributed by atoms with Crippen LogP contribution in [0.4, 0.5) is 0 Å². The maximum Gasteiger partial charge on any atom is 0.245 e. The predicted molar refractivity (Wildman–Crippen MR) is 123 cm³/mol. The normalized spacial score (nSPS) is 29.3. The number of hydrogen-bond acceptors (Lipinski definition) is 4. The van der Waals surface area contributed by atoms with Gasteiger partial charge in [0.25, 0.3) is 0 Å². The van der Waals surface area contributed by atoms with E-state index < -0.39 is 6.04 Å². The summed E-state index contributed by atoms with van der Waals surface area (Å²) >= 11 is 0. The first kappa shape index (κ1) is 23.1. The number of nitrogens with one attached hydrogen (secondary N) is 1. The molecule has 1 aromatic carbocycles. The Morgan fingerprint density at radius 1 is 1.28 bits per heavy atom. The molecule has 3 aliphatic heterocycles. The molecular weight excluding hydrogens is 404 g/mol. The van der Waals surface area contributed by atoms with Gasteiger partial charge in [0.15, 0.2) is 0 Å². The van der Waals surface area contributed by atoms with E-state index in [2.05, 4.69) is 58.1 Å². The molecule has 3 aliphatic rings. The number of nitrogens with zero attached hydrogens (tertiary/aromatic N) is 1. The first-order valence-electron chi connectivity index (χ1n) is 12.1. The van der Waals surface area contributed by atoms with Crippen LogP contribution in [0.3, 0.4) is 0 Å². The van der Waals surface area contributed by atoms with Gasteiger partial charge in [-0.05, 0) is 57.6 Å². The van der Waals surface area contributed by atoms with Crippen LogP contribution in [0.25, 0.3) is 0 Å². The zero-order chi connectivity index (χ0) is 23.2. The maximum atomic E-state index is 13.3. The number of hydrogen-bond donors (Lipinski definition) is 1. The van der Waals surface area contributed by atoms with Crippen LogP contribution in [-0.4, -0.2) is 47.6 Å². The molecule has 2 fully saturated rings. The molecule has 0 unspecified atom stereocenters. The number of rotatable bonds is 4. The van der Waals surface area contributed by atoms with Crippen LogP contribution < -0.4 is 10.1 Å². The molecule has 176 valence electrons. The van der Waals surface area contributed by atoms with Crippen LogP contribution in [0.1, 0.15) is 71.1 Å². The zero-order valence-electron chi connectivity index (χ0n) is 20.3. The molecular formula is C26H38N2O4. The SMILES string of the molecule is CC(=O)N[C@H](CC(C)C)C(=O)N1CC[C@H]2O[C@H]3c4ccc(C)cc4OC(C)(C)[C@@H]3C[C@H]2C1. The largest absolute Gasteiger partial charge is 0.487 e. The lowest BCUT2D eigenvalue weighted by Crippen LogP contribution is -2.58. The van der Waals surface area contributed by atoms with Crippen molar-refractivity contribution in [2.45, 2.75) is 84.7 Å². The number of carbonyl (C=O) groups is 2. The van der Waals surface area contributed by atoms with Crippen molar-refractivity contribution in [3.05, 3.63) is 29.3 Å². The van der Waals surface area contributed by atoms with Gasteiger partial charge in [-0.2, -0.15) is 0 Å². The van der Waals surface area contributed by atoms with Crippen LogP contribution >= 0.6 is 0 Å². The van der Waals surface area contributed by atoms with Crippen LogP contribution in [-0.2, 0) is 14.3 Å². The van der Waals surface area contributed by atoms with E-state index in [9.17, 15) is 9.59 Å². The van der Waals surface area contributed by atoms with Gasteiger partial charge in [-0.3, -0.25) is 9.59 Å². The van der Waals surface area contributed by atoms with Crippen molar-refractivity contribution in [2.24, 2.45) is 17.8 Å². The number of ether oxygens (including phenoxy) is 2. The van der Waals surface area contributed by atoms with E-state index in [0.29, 0.717) is 25.4 Å². The van der Waals surface area contributed by atoms with Gasteiger partial charge < -0.3 is 19.7 Å². The van der Waals surface area contributed by atoms with Crippen molar-refractivity contribution in [1.82, 2.24) is 10.2 Å². The highest BCUT2D eigenvalue weighted by molar-refractivity contribution is 5.87. The highest BCUT2D eigenvalue weighted by Gasteiger charge is 2.51. The molecule has 1 aromatic rings. The molecule has 0 spiro atoms. The van der Waals surface area contributed by atoms with E-state index in [-0.39, 0.29) is 41.5 Å². The van der Waals surface area contributed by atoms with Gasteiger partial charge in [0.05, 0.1) is 12.2 Å². The van der Waals surface area contributed by atoms with Gasteiger partial charge in [-0.15, -0.1) is 0 Å². The lowest BCUT2D eigenvalue weighted by Gasteiger charge is -2.53. The van der Waals surface area contributed by atoms with Gasteiger partial charge in [-0.1, -0.05) is 26.0 Å². The molecule has 2 amide bonds. The Bertz CT molecular complexity index is 881. The minimum absolute atomic E-state index is 0.0333. The number of benzene rings is 1. The summed E-state index contributed by atoms with van der Waals surface area (Å²) in [5, 5.41) is 2.87. The van der Waals surface area contributed by atoms with Crippen molar-refractivity contribution < 1.29 is 19.1 Å². The number of amides is 2. The third-order valence-corrected chi connectivity index (χ3v) is 7.34. The summed E-state index contributed by atoms with van der Waals surface area (Å²) < 4.78 is 13.2. The average Bonchev–Trinajstić information content (AvgIpc) is 2.70. The Labute approximate surface area is 192 Å².